The van der Waals surface area contributed by atoms with Crippen LogP contribution in [0, 0.1) is 0 Å². The molecule has 0 radical (unpaired) electrons. The molecule has 0 atom stereocenters. The van der Waals surface area contributed by atoms with Crippen LogP contribution in [-0.2, 0) is 21.7 Å². The molecule has 0 saturated heterocycles. The Labute approximate surface area is 121 Å². The van der Waals surface area contributed by atoms with E-state index in [0.717, 1.165) is 0 Å². The third kappa shape index (κ3) is 31.3. The molecule has 0 spiro atoms. The molecule has 0 heterocycles. The molecular weight excluding hydrogens is 244 g/mol. The first kappa shape index (κ1) is 21.6. The maximum Gasteiger partial charge on any atom is 4.00 e. The Hall–Kier alpha value is -0.666. The zero-order chi connectivity index (χ0) is 12.5. The van der Waals surface area contributed by atoms with Crippen molar-refractivity contribution in [1.29, 1.82) is 0 Å². The van der Waals surface area contributed by atoms with E-state index < -0.39 is 0 Å². The van der Waals surface area contributed by atoms with Crippen LogP contribution in [0.3, 0.4) is 0 Å². The zero-order valence-corrected chi connectivity index (χ0v) is 12.7. The summed E-state index contributed by atoms with van der Waals surface area (Å²) in [4.78, 5) is 0. The largest absolute Gasteiger partial charge is 4.00 e. The Kier molecular flexibility index (Phi) is 31.2. The van der Waals surface area contributed by atoms with E-state index in [4.69, 9.17) is 0 Å². The van der Waals surface area contributed by atoms with Gasteiger partial charge in [0.15, 0.2) is 0 Å². The second-order valence-electron chi connectivity index (χ2n) is 2.82. The van der Waals surface area contributed by atoms with Crippen molar-refractivity contribution in [1.82, 2.24) is 0 Å². The van der Waals surface area contributed by atoms with Gasteiger partial charge in [0, 0.05) is 0 Å². The van der Waals surface area contributed by atoms with E-state index in [9.17, 15) is 0 Å². The van der Waals surface area contributed by atoms with Gasteiger partial charge in [-0.05, 0) is 0 Å². The van der Waals surface area contributed by atoms with Crippen LogP contribution in [-0.4, -0.2) is 28.2 Å². The molecule has 92 valence electrons. The van der Waals surface area contributed by atoms with Crippen LogP contribution in [0.15, 0.2) is 60.7 Å². The zero-order valence-electron chi connectivity index (χ0n) is 11.2. The first-order valence-corrected chi connectivity index (χ1v) is 5.12. The van der Waals surface area contributed by atoms with E-state index in [1.54, 1.807) is 28.2 Å². The summed E-state index contributed by atoms with van der Waals surface area (Å²) in [5, 5.41) is 7.00. The summed E-state index contributed by atoms with van der Waals surface area (Å²) >= 11 is 0. The van der Waals surface area contributed by atoms with Crippen LogP contribution >= 0.6 is 0 Å². The van der Waals surface area contributed by atoms with E-state index in [-0.39, 0.29) is 21.7 Å². The normalized spacial score (nSPS) is 6.82. The van der Waals surface area contributed by atoms with Gasteiger partial charge in [0.05, 0.1) is 0 Å². The molecule has 2 nitrogen and oxygen atoms in total. The van der Waals surface area contributed by atoms with Crippen LogP contribution in [0.25, 0.3) is 10.6 Å². The van der Waals surface area contributed by atoms with Crippen LogP contribution in [0.4, 0.5) is 0 Å². The van der Waals surface area contributed by atoms with Gasteiger partial charge in [0.25, 0.3) is 0 Å². The fourth-order valence-electron chi connectivity index (χ4n) is 0.642. The maximum absolute atomic E-state index is 3.50. The van der Waals surface area contributed by atoms with E-state index in [0.29, 0.717) is 0 Å². The predicted molar refractivity (Wildman–Crippen MR) is 74.5 cm³/mol. The fraction of sp³-hybridized carbons (Fsp3) is 0.286. The first-order valence-electron chi connectivity index (χ1n) is 5.12. The standard InChI is InChI=1S/2C5H5.2C2H6N.Ti/c2*1-2-4-5-3-1;2*1-3-2;/h2*1-5H;2*1-2H3;/q4*-1;+4. The van der Waals surface area contributed by atoms with Crippen molar-refractivity contribution in [2.24, 2.45) is 0 Å². The summed E-state index contributed by atoms with van der Waals surface area (Å²) in [7, 11) is 7.00. The summed E-state index contributed by atoms with van der Waals surface area (Å²) in [5.41, 5.74) is 0. The molecule has 3 heteroatoms. The molecule has 0 aliphatic rings. The van der Waals surface area contributed by atoms with Crippen molar-refractivity contribution in [2.45, 2.75) is 0 Å². The number of nitrogens with zero attached hydrogens (tertiary/aromatic N) is 2. The van der Waals surface area contributed by atoms with Gasteiger partial charge in [-0.2, -0.15) is 64.6 Å². The fourth-order valence-corrected chi connectivity index (χ4v) is 0.642. The first-order chi connectivity index (χ1) is 7.83. The molecule has 0 aromatic heterocycles. The van der Waals surface area contributed by atoms with Gasteiger partial charge in [-0.25, -0.2) is 24.3 Å². The predicted octanol–water partition coefficient (Wildman–Crippen LogP) is 4.05. The van der Waals surface area contributed by atoms with Gasteiger partial charge in [-0.15, -0.1) is 0 Å². The van der Waals surface area contributed by atoms with Crippen LogP contribution in [0.2, 0.25) is 0 Å². The Morgan fingerprint density at radius 3 is 0.824 bits per heavy atom. The molecule has 0 amide bonds. The average molecular weight is 266 g/mol. The minimum Gasteiger partial charge on any atom is -0.668 e. The van der Waals surface area contributed by atoms with Crippen LogP contribution < -0.4 is 0 Å². The second-order valence-corrected chi connectivity index (χ2v) is 2.82. The number of rotatable bonds is 0. The summed E-state index contributed by atoms with van der Waals surface area (Å²) in [5.74, 6) is 0. The molecule has 0 N–H and O–H groups in total. The molecule has 2 aromatic carbocycles. The minimum atomic E-state index is 0. The SMILES string of the molecule is C[N-]C.C[N-]C.[Ti+4].c1cc[cH-]c1.c1cc[cH-]c1. The topological polar surface area (TPSA) is 28.2 Å². The van der Waals surface area contributed by atoms with Crippen LogP contribution in [0.1, 0.15) is 0 Å². The summed E-state index contributed by atoms with van der Waals surface area (Å²) < 4.78 is 0. The molecular formula is C14H22N2Ti. The van der Waals surface area contributed by atoms with Gasteiger partial charge in [-0.3, -0.25) is 0 Å². The molecule has 0 unspecified atom stereocenters. The van der Waals surface area contributed by atoms with Crippen LogP contribution in [0.5, 0.6) is 0 Å². The average Bonchev–Trinajstić information content (AvgIpc) is 3.00. The van der Waals surface area contributed by atoms with Gasteiger partial charge in [0.2, 0.25) is 0 Å². The van der Waals surface area contributed by atoms with E-state index in [1.165, 1.54) is 0 Å². The van der Waals surface area contributed by atoms with Crippen molar-refractivity contribution < 1.29 is 21.7 Å². The Morgan fingerprint density at radius 2 is 0.765 bits per heavy atom. The van der Waals surface area contributed by atoms with Crippen molar-refractivity contribution in [2.75, 3.05) is 28.2 Å². The summed E-state index contributed by atoms with van der Waals surface area (Å²) in [6, 6.07) is 20.0. The molecule has 0 saturated carbocycles. The molecule has 0 aliphatic heterocycles. The van der Waals surface area contributed by atoms with Crippen molar-refractivity contribution >= 4 is 0 Å². The number of hydrogen-bond acceptors (Lipinski definition) is 0. The quantitative estimate of drug-likeness (QED) is 0.508. The molecule has 2 rings (SSSR count). The van der Waals surface area contributed by atoms with Gasteiger partial charge < -0.3 is 10.6 Å². The summed E-state index contributed by atoms with van der Waals surface area (Å²) in [6.07, 6.45) is 0. The van der Waals surface area contributed by atoms with E-state index >= 15 is 0 Å². The Bertz CT molecular complexity index is 176. The maximum atomic E-state index is 3.50. The molecule has 2 aromatic rings. The second kappa shape index (κ2) is 24.5. The molecule has 0 bridgehead atoms. The van der Waals surface area contributed by atoms with Gasteiger partial charge in [-0.1, -0.05) is 0 Å². The molecule has 17 heavy (non-hydrogen) atoms. The van der Waals surface area contributed by atoms with E-state index in [1.807, 2.05) is 60.7 Å². The smallest absolute Gasteiger partial charge is 0.668 e. The van der Waals surface area contributed by atoms with E-state index in [2.05, 4.69) is 10.6 Å². The van der Waals surface area contributed by atoms with Crippen molar-refractivity contribution in [3.8, 4) is 0 Å². The molecule has 0 aliphatic carbocycles. The molecule has 0 fully saturated rings. The van der Waals surface area contributed by atoms with Gasteiger partial charge in [0.1, 0.15) is 0 Å². The third-order valence-electron chi connectivity index (χ3n) is 1.11. The summed E-state index contributed by atoms with van der Waals surface area (Å²) in [6.45, 7) is 0. The minimum absolute atomic E-state index is 0. The van der Waals surface area contributed by atoms with Crippen molar-refractivity contribution in [3.05, 3.63) is 71.3 Å². The Balaban J connectivity index is -0.000000157. The third-order valence-corrected chi connectivity index (χ3v) is 1.11. The monoisotopic (exact) mass is 266 g/mol. The number of hydrogen-bond donors (Lipinski definition) is 0. The van der Waals surface area contributed by atoms with Crippen molar-refractivity contribution in [3.63, 3.8) is 0 Å². The van der Waals surface area contributed by atoms with Gasteiger partial charge >= 0.3 is 21.7 Å². The Morgan fingerprint density at radius 1 is 0.588 bits per heavy atom.